The van der Waals surface area contributed by atoms with E-state index in [1.807, 2.05) is 0 Å². The topological polar surface area (TPSA) is 0 Å². The summed E-state index contributed by atoms with van der Waals surface area (Å²) in [6.45, 7) is 0. The van der Waals surface area contributed by atoms with Crippen LogP contribution in [0.5, 0.6) is 0 Å². The van der Waals surface area contributed by atoms with Crippen molar-refractivity contribution in [3.63, 3.8) is 0 Å². The molecule has 3 rings (SSSR count). The van der Waals surface area contributed by atoms with Gasteiger partial charge in [-0.1, -0.05) is 72.8 Å². The molecule has 110 valence electrons. The third kappa shape index (κ3) is 4.05. The molecule has 0 amide bonds. The molecule has 0 aromatic heterocycles. The van der Waals surface area contributed by atoms with Crippen molar-refractivity contribution in [1.82, 2.24) is 0 Å². The molecule has 2 aromatic rings. The van der Waals surface area contributed by atoms with Crippen LogP contribution in [-0.4, -0.2) is 0 Å². The van der Waals surface area contributed by atoms with Crippen LogP contribution in [0.25, 0.3) is 11.1 Å². The smallest absolute Gasteiger partial charge is 0 e. The zero-order valence-corrected chi connectivity index (χ0v) is 14.3. The van der Waals surface area contributed by atoms with Gasteiger partial charge in [-0.25, -0.2) is 0 Å². The van der Waals surface area contributed by atoms with E-state index in [2.05, 4.69) is 72.8 Å². The predicted molar refractivity (Wildman–Crippen MR) is 87.3 cm³/mol. The molecule has 0 N–H and O–H groups in total. The second-order valence-corrected chi connectivity index (χ2v) is 5.24. The van der Waals surface area contributed by atoms with Gasteiger partial charge < -0.3 is 0 Å². The molecule has 0 unspecified atom stereocenters. The summed E-state index contributed by atoms with van der Waals surface area (Å²) in [5.74, 6) is 0. The van der Waals surface area contributed by atoms with E-state index in [0.29, 0.717) is 0 Å². The van der Waals surface area contributed by atoms with Crippen LogP contribution in [0.4, 0.5) is 0 Å². The van der Waals surface area contributed by atoms with Gasteiger partial charge in [0, 0.05) is 21.1 Å². The molecule has 0 saturated carbocycles. The quantitative estimate of drug-likeness (QED) is 0.508. The molecule has 0 bridgehead atoms. The van der Waals surface area contributed by atoms with Gasteiger partial charge in [0.1, 0.15) is 0 Å². The van der Waals surface area contributed by atoms with E-state index in [4.69, 9.17) is 0 Å². The molecule has 2 aromatic carbocycles. The minimum atomic E-state index is 0. The van der Waals surface area contributed by atoms with Crippen LogP contribution in [0.2, 0.25) is 0 Å². The number of hydrogen-bond acceptors (Lipinski definition) is 0. The second-order valence-electron chi connectivity index (χ2n) is 5.24. The molecule has 0 nitrogen and oxygen atoms in total. The molecule has 0 heterocycles. The van der Waals surface area contributed by atoms with Gasteiger partial charge in [-0.05, 0) is 48.0 Å². The van der Waals surface area contributed by atoms with E-state index in [1.54, 1.807) is 0 Å². The summed E-state index contributed by atoms with van der Waals surface area (Å²) in [5.41, 5.74) is 5.78. The van der Waals surface area contributed by atoms with Gasteiger partial charge in [-0.2, -0.15) is 0 Å². The van der Waals surface area contributed by atoms with Crippen LogP contribution < -0.4 is 0 Å². The van der Waals surface area contributed by atoms with Crippen LogP contribution in [0.3, 0.4) is 0 Å². The Kier molecular flexibility index (Phi) is 6.20. The summed E-state index contributed by atoms with van der Waals surface area (Å²) >= 11 is 0. The fourth-order valence-electron chi connectivity index (χ4n) is 2.91. The normalized spacial score (nSPS) is 18.5. The molecular weight excluding hydrogens is 435 g/mol. The van der Waals surface area contributed by atoms with Crippen molar-refractivity contribution < 1.29 is 21.1 Å². The second kappa shape index (κ2) is 8.15. The summed E-state index contributed by atoms with van der Waals surface area (Å²) in [5, 5.41) is 0. The third-order valence-electron chi connectivity index (χ3n) is 3.90. The first kappa shape index (κ1) is 16.0. The van der Waals surface area contributed by atoms with Gasteiger partial charge >= 0.3 is 0 Å². The Hall–Kier alpha value is -1.39. The Bertz CT molecular complexity index is 553. The Morgan fingerprint density at radius 1 is 0.524 bits per heavy atom. The molecule has 0 radical (unpaired) electrons. The average Bonchev–Trinajstić information content (AvgIpc) is 2.49. The fraction of sp³-hybridized carbons (Fsp3) is 0.200. The zero-order chi connectivity index (χ0) is 13.6. The largest absolute Gasteiger partial charge is 0.0882 e. The molecular formula is C20H20Pt. The molecule has 0 fully saturated rings. The SMILES string of the molecule is C1=CCC/C(c2ccccc2)=C(/c2ccccc2)CC1.[Pt]. The minimum absolute atomic E-state index is 0. The Balaban J connectivity index is 0.00000161. The monoisotopic (exact) mass is 455 g/mol. The van der Waals surface area contributed by atoms with Crippen LogP contribution in [0, 0.1) is 0 Å². The standard InChI is InChI=1S/C20H20.Pt/c1-2-10-16-20(18-13-7-4-8-14-18)19(15-9-1)17-11-5-3-6-12-17;/h1-8,11-14H,9-10,15-16H2;/b2-1?,20-19-;. The van der Waals surface area contributed by atoms with Crippen LogP contribution in [0.1, 0.15) is 36.8 Å². The maximum Gasteiger partial charge on any atom is 0 e. The van der Waals surface area contributed by atoms with E-state index in [1.165, 1.54) is 22.3 Å². The molecule has 1 heteroatoms. The average molecular weight is 455 g/mol. The van der Waals surface area contributed by atoms with Crippen molar-refractivity contribution in [3.05, 3.63) is 83.9 Å². The number of allylic oxidation sites excluding steroid dienone is 4. The molecule has 1 aliphatic carbocycles. The molecule has 21 heavy (non-hydrogen) atoms. The van der Waals surface area contributed by atoms with Crippen LogP contribution in [-0.2, 0) is 21.1 Å². The number of hydrogen-bond donors (Lipinski definition) is 0. The van der Waals surface area contributed by atoms with Crippen molar-refractivity contribution in [2.75, 3.05) is 0 Å². The van der Waals surface area contributed by atoms with Crippen molar-refractivity contribution >= 4 is 11.1 Å². The summed E-state index contributed by atoms with van der Waals surface area (Å²) in [4.78, 5) is 0. The zero-order valence-electron chi connectivity index (χ0n) is 12.1. The Morgan fingerprint density at radius 3 is 1.29 bits per heavy atom. The van der Waals surface area contributed by atoms with Gasteiger partial charge in [-0.15, -0.1) is 0 Å². The minimum Gasteiger partial charge on any atom is -0.0882 e. The first-order chi connectivity index (χ1) is 9.95. The maximum atomic E-state index is 2.32. The van der Waals surface area contributed by atoms with Gasteiger partial charge in [0.25, 0.3) is 0 Å². The van der Waals surface area contributed by atoms with Crippen LogP contribution in [0.15, 0.2) is 72.8 Å². The van der Waals surface area contributed by atoms with Gasteiger partial charge in [0.15, 0.2) is 0 Å². The number of rotatable bonds is 2. The van der Waals surface area contributed by atoms with E-state index in [0.717, 1.165) is 25.7 Å². The maximum absolute atomic E-state index is 2.32. The summed E-state index contributed by atoms with van der Waals surface area (Å²) < 4.78 is 0. The van der Waals surface area contributed by atoms with Crippen LogP contribution >= 0.6 is 0 Å². The first-order valence-corrected chi connectivity index (χ1v) is 7.43. The molecule has 0 saturated heterocycles. The predicted octanol–water partition coefficient (Wildman–Crippen LogP) is 5.73. The van der Waals surface area contributed by atoms with Crippen molar-refractivity contribution in [2.24, 2.45) is 0 Å². The van der Waals surface area contributed by atoms with E-state index in [-0.39, 0.29) is 21.1 Å². The van der Waals surface area contributed by atoms with Crippen molar-refractivity contribution in [2.45, 2.75) is 25.7 Å². The van der Waals surface area contributed by atoms with E-state index < -0.39 is 0 Å². The molecule has 0 spiro atoms. The summed E-state index contributed by atoms with van der Waals surface area (Å²) in [7, 11) is 0. The summed E-state index contributed by atoms with van der Waals surface area (Å²) in [6.07, 6.45) is 9.19. The molecule has 0 aliphatic heterocycles. The van der Waals surface area contributed by atoms with Crippen molar-refractivity contribution in [3.8, 4) is 0 Å². The third-order valence-corrected chi connectivity index (χ3v) is 3.90. The Labute approximate surface area is 141 Å². The summed E-state index contributed by atoms with van der Waals surface area (Å²) in [6, 6.07) is 21.7. The van der Waals surface area contributed by atoms with Gasteiger partial charge in [0.05, 0.1) is 0 Å². The Morgan fingerprint density at radius 2 is 0.905 bits per heavy atom. The van der Waals surface area contributed by atoms with Crippen molar-refractivity contribution in [1.29, 1.82) is 0 Å². The van der Waals surface area contributed by atoms with Gasteiger partial charge in [0.2, 0.25) is 0 Å². The van der Waals surface area contributed by atoms with E-state index in [9.17, 15) is 0 Å². The molecule has 1 aliphatic rings. The van der Waals surface area contributed by atoms with Gasteiger partial charge in [-0.3, -0.25) is 0 Å². The fourth-order valence-corrected chi connectivity index (χ4v) is 2.91. The van der Waals surface area contributed by atoms with E-state index >= 15 is 0 Å². The number of benzene rings is 2. The molecule has 0 atom stereocenters. The first-order valence-electron chi connectivity index (χ1n) is 7.43.